The molecule has 0 saturated carbocycles. The normalized spacial score (nSPS) is 20.2. The number of nitrogens with zero attached hydrogens (tertiary/aromatic N) is 2. The minimum atomic E-state index is -0.355. The Balaban J connectivity index is 1.47. The molecular weight excluding hydrogens is 344 g/mol. The lowest BCUT2D eigenvalue weighted by molar-refractivity contribution is -0.0419. The van der Waals surface area contributed by atoms with Crippen molar-refractivity contribution in [1.29, 1.82) is 0 Å². The third-order valence-electron chi connectivity index (χ3n) is 5.25. The maximum atomic E-state index is 12.5. The van der Waals surface area contributed by atoms with E-state index in [-0.39, 0.29) is 12.2 Å². The van der Waals surface area contributed by atoms with Crippen molar-refractivity contribution < 1.29 is 19.0 Å². The maximum Gasteiger partial charge on any atom is 0.344 e. The van der Waals surface area contributed by atoms with Crippen molar-refractivity contribution >= 4 is 5.97 Å². The van der Waals surface area contributed by atoms with E-state index < -0.39 is 0 Å². The van der Waals surface area contributed by atoms with Crippen LogP contribution in [-0.4, -0.2) is 56.2 Å². The van der Waals surface area contributed by atoms with Crippen LogP contribution in [0.3, 0.4) is 0 Å². The molecule has 6 nitrogen and oxygen atoms in total. The van der Waals surface area contributed by atoms with Crippen LogP contribution >= 0.6 is 0 Å². The van der Waals surface area contributed by atoms with Crippen LogP contribution in [0.15, 0.2) is 42.5 Å². The van der Waals surface area contributed by atoms with Crippen molar-refractivity contribution in [3.8, 4) is 11.5 Å². The summed E-state index contributed by atoms with van der Waals surface area (Å²) >= 11 is 0. The number of carbonyl (C=O) groups excluding carboxylic acids is 1. The van der Waals surface area contributed by atoms with Gasteiger partial charge in [0.15, 0.2) is 17.7 Å². The van der Waals surface area contributed by atoms with Crippen LogP contribution < -0.4 is 9.47 Å². The minimum Gasteiger partial charge on any atom is -0.493 e. The highest BCUT2D eigenvalue weighted by atomic mass is 16.6. The summed E-state index contributed by atoms with van der Waals surface area (Å²) in [5.74, 6) is 0.643. The highest BCUT2D eigenvalue weighted by Crippen LogP contribution is 2.43. The average Bonchev–Trinajstić information content (AvgIpc) is 3.05. The van der Waals surface area contributed by atoms with Crippen LogP contribution in [0.2, 0.25) is 0 Å². The number of cyclic esters (lactones) is 1. The van der Waals surface area contributed by atoms with Gasteiger partial charge in [-0.05, 0) is 17.7 Å². The molecule has 2 heterocycles. The van der Waals surface area contributed by atoms with Crippen LogP contribution in [0.4, 0.5) is 0 Å². The van der Waals surface area contributed by atoms with Crippen molar-refractivity contribution in [1.82, 2.24) is 9.80 Å². The van der Waals surface area contributed by atoms with Gasteiger partial charge in [-0.25, -0.2) is 4.79 Å². The summed E-state index contributed by atoms with van der Waals surface area (Å²) in [6.07, 6.45) is -0.355. The van der Waals surface area contributed by atoms with Gasteiger partial charge in [-0.2, -0.15) is 0 Å². The van der Waals surface area contributed by atoms with Crippen LogP contribution in [0.25, 0.3) is 0 Å². The van der Waals surface area contributed by atoms with Gasteiger partial charge in [-0.1, -0.05) is 30.3 Å². The molecule has 0 unspecified atom stereocenters. The van der Waals surface area contributed by atoms with Gasteiger partial charge < -0.3 is 14.2 Å². The second kappa shape index (κ2) is 7.58. The molecule has 2 aliphatic rings. The van der Waals surface area contributed by atoms with Crippen molar-refractivity contribution in [3.63, 3.8) is 0 Å². The fourth-order valence-electron chi connectivity index (χ4n) is 3.85. The average molecular weight is 368 g/mol. The smallest absolute Gasteiger partial charge is 0.344 e. The standard InChI is InChI=1S/C21H24N2O4/c1-25-17-9-8-16-18(19(17)26-2)21(24)27-20(16)23-12-10-22(11-13-23)14-15-6-4-3-5-7-15/h3-9,20H,10-14H2,1-2H3/t20-/m0/s1. The topological polar surface area (TPSA) is 51.2 Å². The molecule has 0 N–H and O–H groups in total. The summed E-state index contributed by atoms with van der Waals surface area (Å²) in [6, 6.07) is 14.2. The van der Waals surface area contributed by atoms with Gasteiger partial charge in [-0.15, -0.1) is 0 Å². The summed E-state index contributed by atoms with van der Waals surface area (Å²) in [5.41, 5.74) is 2.66. The second-order valence-electron chi connectivity index (χ2n) is 6.82. The molecule has 142 valence electrons. The first-order chi connectivity index (χ1) is 13.2. The van der Waals surface area contributed by atoms with E-state index >= 15 is 0 Å². The maximum absolute atomic E-state index is 12.5. The summed E-state index contributed by atoms with van der Waals surface area (Å²) in [5, 5.41) is 0. The van der Waals surface area contributed by atoms with E-state index in [4.69, 9.17) is 14.2 Å². The molecule has 27 heavy (non-hydrogen) atoms. The van der Waals surface area contributed by atoms with Crippen molar-refractivity contribution in [2.45, 2.75) is 12.8 Å². The Labute approximate surface area is 159 Å². The molecule has 0 spiro atoms. The number of esters is 1. The van der Waals surface area contributed by atoms with Crippen molar-refractivity contribution in [2.75, 3.05) is 40.4 Å². The first kappa shape index (κ1) is 17.8. The lowest BCUT2D eigenvalue weighted by atomic mass is 10.1. The van der Waals surface area contributed by atoms with Crippen LogP contribution in [-0.2, 0) is 11.3 Å². The Hall–Kier alpha value is -2.57. The molecule has 0 radical (unpaired) electrons. The fraction of sp³-hybridized carbons (Fsp3) is 0.381. The molecule has 2 aromatic carbocycles. The summed E-state index contributed by atoms with van der Waals surface area (Å²) in [4.78, 5) is 17.1. The van der Waals surface area contributed by atoms with E-state index in [1.807, 2.05) is 18.2 Å². The van der Waals surface area contributed by atoms with E-state index in [9.17, 15) is 4.79 Å². The SMILES string of the molecule is COc1ccc2c(c1OC)C(=O)O[C@@H]2N1CCN(Cc2ccccc2)CC1. The number of rotatable bonds is 5. The first-order valence-electron chi connectivity index (χ1n) is 9.17. The number of methoxy groups -OCH3 is 2. The second-order valence-corrected chi connectivity index (χ2v) is 6.82. The predicted molar refractivity (Wildman–Crippen MR) is 101 cm³/mol. The molecule has 1 saturated heterocycles. The predicted octanol–water partition coefficient (Wildman–Crippen LogP) is 2.69. The third-order valence-corrected chi connectivity index (χ3v) is 5.25. The monoisotopic (exact) mass is 368 g/mol. The van der Waals surface area contributed by atoms with E-state index in [2.05, 4.69) is 34.1 Å². The minimum absolute atomic E-state index is 0.350. The van der Waals surface area contributed by atoms with Gasteiger partial charge in [0.1, 0.15) is 5.56 Å². The van der Waals surface area contributed by atoms with Gasteiger partial charge in [0, 0.05) is 38.3 Å². The zero-order valence-corrected chi connectivity index (χ0v) is 15.7. The number of fused-ring (bicyclic) bond motifs is 1. The molecule has 2 aromatic rings. The third kappa shape index (κ3) is 3.38. The zero-order chi connectivity index (χ0) is 18.8. The molecule has 0 aromatic heterocycles. The highest BCUT2D eigenvalue weighted by molar-refractivity contribution is 5.98. The van der Waals surface area contributed by atoms with Gasteiger partial charge in [0.05, 0.1) is 14.2 Å². The number of piperazine rings is 1. The van der Waals surface area contributed by atoms with E-state index in [1.54, 1.807) is 14.2 Å². The summed E-state index contributed by atoms with van der Waals surface area (Å²) in [7, 11) is 3.11. The number of carbonyl (C=O) groups is 1. The molecule has 0 bridgehead atoms. The molecule has 0 aliphatic carbocycles. The molecule has 6 heteroatoms. The lowest BCUT2D eigenvalue weighted by Gasteiger charge is -2.37. The van der Waals surface area contributed by atoms with E-state index in [1.165, 1.54) is 5.56 Å². The largest absolute Gasteiger partial charge is 0.493 e. The number of hydrogen-bond acceptors (Lipinski definition) is 6. The number of hydrogen-bond donors (Lipinski definition) is 0. The zero-order valence-electron chi connectivity index (χ0n) is 15.7. The van der Waals surface area contributed by atoms with Gasteiger partial charge >= 0.3 is 5.97 Å². The lowest BCUT2D eigenvalue weighted by Crippen LogP contribution is -2.47. The summed E-state index contributed by atoms with van der Waals surface area (Å²) in [6.45, 7) is 4.51. The van der Waals surface area contributed by atoms with Crippen molar-refractivity contribution in [3.05, 3.63) is 59.2 Å². The Morgan fingerprint density at radius 2 is 1.74 bits per heavy atom. The van der Waals surface area contributed by atoms with Gasteiger partial charge in [0.2, 0.25) is 0 Å². The first-order valence-corrected chi connectivity index (χ1v) is 9.17. The summed E-state index contributed by atoms with van der Waals surface area (Å²) < 4.78 is 16.4. The fourth-order valence-corrected chi connectivity index (χ4v) is 3.85. The Morgan fingerprint density at radius 1 is 1.00 bits per heavy atom. The van der Waals surface area contributed by atoms with Gasteiger partial charge in [0.25, 0.3) is 0 Å². The van der Waals surface area contributed by atoms with Crippen LogP contribution in [0.5, 0.6) is 11.5 Å². The number of ether oxygens (including phenoxy) is 3. The van der Waals surface area contributed by atoms with Gasteiger partial charge in [-0.3, -0.25) is 9.80 Å². The van der Waals surface area contributed by atoms with Crippen LogP contribution in [0, 0.1) is 0 Å². The molecule has 4 rings (SSSR count). The molecule has 1 fully saturated rings. The van der Waals surface area contributed by atoms with E-state index in [0.717, 1.165) is 38.3 Å². The molecule has 0 amide bonds. The molecule has 1 atom stereocenters. The van der Waals surface area contributed by atoms with Crippen molar-refractivity contribution in [2.24, 2.45) is 0 Å². The number of benzene rings is 2. The molecule has 2 aliphatic heterocycles. The van der Waals surface area contributed by atoms with Crippen LogP contribution in [0.1, 0.15) is 27.7 Å². The quantitative estimate of drug-likeness (QED) is 0.757. The Bertz CT molecular complexity index is 816. The van der Waals surface area contributed by atoms with E-state index in [0.29, 0.717) is 17.1 Å². The Morgan fingerprint density at radius 3 is 2.41 bits per heavy atom. The highest BCUT2D eigenvalue weighted by Gasteiger charge is 2.39. The molecular formula is C21H24N2O4. The Kier molecular flexibility index (Phi) is 5.01.